The molecule has 7 nitrogen and oxygen atoms in total. The van der Waals surface area contributed by atoms with Crippen molar-refractivity contribution in [3.05, 3.63) is 67.0 Å². The zero-order valence-corrected chi connectivity index (χ0v) is 17.4. The van der Waals surface area contributed by atoms with E-state index in [-0.39, 0.29) is 5.91 Å². The van der Waals surface area contributed by atoms with Gasteiger partial charge in [-0.3, -0.25) is 9.78 Å². The third-order valence-corrected chi connectivity index (χ3v) is 4.94. The maximum Gasteiger partial charge on any atom is 0.221 e. The van der Waals surface area contributed by atoms with Crippen LogP contribution in [0, 0.1) is 0 Å². The molecule has 0 bridgehead atoms. The first kappa shape index (κ1) is 20.3. The summed E-state index contributed by atoms with van der Waals surface area (Å²) in [6.45, 7) is 0.460. The number of benzene rings is 2. The van der Waals surface area contributed by atoms with Crippen LogP contribution in [0.4, 0.5) is 5.82 Å². The van der Waals surface area contributed by atoms with Gasteiger partial charge in [0.1, 0.15) is 11.6 Å². The summed E-state index contributed by atoms with van der Waals surface area (Å²) in [6.07, 6.45) is 3.80. The Bertz CT molecular complexity index is 1210. The average Bonchev–Trinajstić information content (AvgIpc) is 2.84. The van der Waals surface area contributed by atoms with Crippen molar-refractivity contribution >= 4 is 22.6 Å². The normalized spacial score (nSPS) is 10.6. The molecular formula is C24H23N5O2. The molecule has 7 heteroatoms. The molecule has 2 N–H and O–H groups in total. The summed E-state index contributed by atoms with van der Waals surface area (Å²) in [5.41, 5.74) is 3.70. The number of anilines is 1. The molecule has 31 heavy (non-hydrogen) atoms. The predicted octanol–water partition coefficient (Wildman–Crippen LogP) is 3.92. The van der Waals surface area contributed by atoms with Gasteiger partial charge in [-0.25, -0.2) is 9.97 Å². The van der Waals surface area contributed by atoms with E-state index in [4.69, 9.17) is 14.7 Å². The topological polar surface area (TPSA) is 89.0 Å². The highest BCUT2D eigenvalue weighted by atomic mass is 16.5. The summed E-state index contributed by atoms with van der Waals surface area (Å²) >= 11 is 0. The summed E-state index contributed by atoms with van der Waals surface area (Å²) in [6, 6.07) is 17.8. The fourth-order valence-corrected chi connectivity index (χ4v) is 3.29. The van der Waals surface area contributed by atoms with Crippen LogP contribution in [0.25, 0.3) is 33.4 Å². The molecule has 1 amide bonds. The van der Waals surface area contributed by atoms with E-state index in [2.05, 4.69) is 21.7 Å². The van der Waals surface area contributed by atoms with Crippen molar-refractivity contribution in [2.75, 3.05) is 26.0 Å². The highest BCUT2D eigenvalue weighted by Crippen LogP contribution is 2.30. The minimum absolute atomic E-state index is 0.0320. The largest absolute Gasteiger partial charge is 0.497 e. The van der Waals surface area contributed by atoms with Crippen LogP contribution in [-0.4, -0.2) is 41.6 Å². The van der Waals surface area contributed by atoms with Gasteiger partial charge >= 0.3 is 0 Å². The Balaban J connectivity index is 1.78. The number of aromatic nitrogens is 3. The van der Waals surface area contributed by atoms with Crippen LogP contribution < -0.4 is 15.4 Å². The van der Waals surface area contributed by atoms with Crippen LogP contribution in [0.1, 0.15) is 6.42 Å². The van der Waals surface area contributed by atoms with Crippen molar-refractivity contribution in [1.29, 1.82) is 0 Å². The van der Waals surface area contributed by atoms with E-state index < -0.39 is 0 Å². The van der Waals surface area contributed by atoms with E-state index in [9.17, 15) is 4.79 Å². The molecule has 4 rings (SSSR count). The van der Waals surface area contributed by atoms with Gasteiger partial charge in [-0.05, 0) is 47.5 Å². The number of carbonyl (C=O) groups excluding carboxylic acids is 1. The van der Waals surface area contributed by atoms with Crippen molar-refractivity contribution in [2.45, 2.75) is 6.42 Å². The Morgan fingerprint density at radius 3 is 2.61 bits per heavy atom. The number of ether oxygens (including phenoxy) is 1. The van der Waals surface area contributed by atoms with Crippen LogP contribution in [0.15, 0.2) is 67.0 Å². The molecule has 0 atom stereocenters. The number of fused-ring (bicyclic) bond motifs is 1. The third kappa shape index (κ3) is 4.61. The summed E-state index contributed by atoms with van der Waals surface area (Å²) in [5, 5.41) is 6.82. The Morgan fingerprint density at radius 2 is 1.84 bits per heavy atom. The Morgan fingerprint density at radius 1 is 1.00 bits per heavy atom. The van der Waals surface area contributed by atoms with Gasteiger partial charge in [-0.2, -0.15) is 0 Å². The molecule has 4 aromatic rings. The van der Waals surface area contributed by atoms with E-state index in [0.29, 0.717) is 24.6 Å². The van der Waals surface area contributed by atoms with Gasteiger partial charge in [-0.15, -0.1) is 0 Å². The first-order valence-corrected chi connectivity index (χ1v) is 9.99. The maximum atomic E-state index is 11.6. The van der Waals surface area contributed by atoms with Crippen LogP contribution in [0.2, 0.25) is 0 Å². The number of amides is 1. The van der Waals surface area contributed by atoms with Gasteiger partial charge < -0.3 is 15.4 Å². The van der Waals surface area contributed by atoms with Gasteiger partial charge in [0.15, 0.2) is 5.82 Å². The minimum Gasteiger partial charge on any atom is -0.497 e. The zero-order valence-electron chi connectivity index (χ0n) is 17.4. The molecule has 2 aromatic heterocycles. The van der Waals surface area contributed by atoms with E-state index in [1.54, 1.807) is 26.6 Å². The summed E-state index contributed by atoms with van der Waals surface area (Å²) in [5.74, 6) is 2.02. The number of rotatable bonds is 7. The molecule has 0 fully saturated rings. The van der Waals surface area contributed by atoms with E-state index >= 15 is 0 Å². The standard InChI is InChI=1S/C24H23N5O2/c1-25-22(30)10-12-27-24-20-14-17(16-5-3-7-19(13-16)31-2)8-9-21(20)28-23(29-24)18-6-4-11-26-15-18/h3-9,11,13-15H,10,12H2,1-2H3,(H,25,30)(H,27,28,29). The maximum absolute atomic E-state index is 11.6. The van der Waals surface area contributed by atoms with Crippen molar-refractivity contribution in [1.82, 2.24) is 20.3 Å². The number of nitrogens with one attached hydrogen (secondary N) is 2. The molecule has 2 aromatic carbocycles. The van der Waals surface area contributed by atoms with Crippen LogP contribution in [0.3, 0.4) is 0 Å². The second kappa shape index (κ2) is 9.21. The number of pyridine rings is 1. The molecule has 0 spiro atoms. The zero-order chi connectivity index (χ0) is 21.6. The lowest BCUT2D eigenvalue weighted by Crippen LogP contribution is -2.21. The van der Waals surface area contributed by atoms with Crippen molar-refractivity contribution in [3.63, 3.8) is 0 Å². The molecule has 0 saturated carbocycles. The number of methoxy groups -OCH3 is 1. The van der Waals surface area contributed by atoms with Gasteiger partial charge in [0, 0.05) is 43.4 Å². The Kier molecular flexibility index (Phi) is 6.03. The number of hydrogen-bond donors (Lipinski definition) is 2. The lowest BCUT2D eigenvalue weighted by atomic mass is 10.0. The van der Waals surface area contributed by atoms with E-state index in [1.165, 1.54) is 0 Å². The number of carbonyl (C=O) groups is 1. The quantitative estimate of drug-likeness (QED) is 0.477. The number of nitrogens with zero attached hydrogens (tertiary/aromatic N) is 3. The van der Waals surface area contributed by atoms with Gasteiger partial charge in [-0.1, -0.05) is 18.2 Å². The number of hydrogen-bond acceptors (Lipinski definition) is 6. The lowest BCUT2D eigenvalue weighted by molar-refractivity contribution is -0.120. The molecule has 0 unspecified atom stereocenters. The SMILES string of the molecule is CNC(=O)CCNc1nc(-c2cccnc2)nc2ccc(-c3cccc(OC)c3)cc12. The van der Waals surface area contributed by atoms with E-state index in [1.807, 2.05) is 48.5 Å². The second-order valence-corrected chi connectivity index (χ2v) is 6.95. The smallest absolute Gasteiger partial charge is 0.221 e. The van der Waals surface area contributed by atoms with Gasteiger partial charge in [0.2, 0.25) is 5.91 Å². The van der Waals surface area contributed by atoms with E-state index in [0.717, 1.165) is 33.3 Å². The van der Waals surface area contributed by atoms with Gasteiger partial charge in [0.25, 0.3) is 0 Å². The van der Waals surface area contributed by atoms with Crippen molar-refractivity contribution in [3.8, 4) is 28.3 Å². The third-order valence-electron chi connectivity index (χ3n) is 4.94. The van der Waals surface area contributed by atoms with Crippen molar-refractivity contribution < 1.29 is 9.53 Å². The predicted molar refractivity (Wildman–Crippen MR) is 122 cm³/mol. The fourth-order valence-electron chi connectivity index (χ4n) is 3.29. The molecule has 0 aliphatic heterocycles. The molecule has 0 saturated heterocycles. The summed E-state index contributed by atoms with van der Waals surface area (Å²) < 4.78 is 5.36. The Hall–Kier alpha value is -4.00. The van der Waals surface area contributed by atoms with Gasteiger partial charge in [0.05, 0.1) is 12.6 Å². The second-order valence-electron chi connectivity index (χ2n) is 6.95. The Labute approximate surface area is 180 Å². The molecular weight excluding hydrogens is 390 g/mol. The first-order chi connectivity index (χ1) is 15.2. The monoisotopic (exact) mass is 413 g/mol. The molecule has 0 aliphatic rings. The minimum atomic E-state index is -0.0320. The van der Waals surface area contributed by atoms with Crippen LogP contribution in [-0.2, 0) is 4.79 Å². The molecule has 156 valence electrons. The fraction of sp³-hybridized carbons (Fsp3) is 0.167. The lowest BCUT2D eigenvalue weighted by Gasteiger charge is -2.12. The van der Waals surface area contributed by atoms with Crippen LogP contribution >= 0.6 is 0 Å². The van der Waals surface area contributed by atoms with Crippen molar-refractivity contribution in [2.24, 2.45) is 0 Å². The highest BCUT2D eigenvalue weighted by Gasteiger charge is 2.12. The summed E-state index contributed by atoms with van der Waals surface area (Å²) in [4.78, 5) is 25.3. The molecule has 2 heterocycles. The van der Waals surface area contributed by atoms with Crippen LogP contribution in [0.5, 0.6) is 5.75 Å². The highest BCUT2D eigenvalue weighted by molar-refractivity contribution is 5.94. The summed E-state index contributed by atoms with van der Waals surface area (Å²) in [7, 11) is 3.28. The first-order valence-electron chi connectivity index (χ1n) is 9.99. The molecule has 0 radical (unpaired) electrons. The molecule has 0 aliphatic carbocycles. The average molecular weight is 413 g/mol.